The number of nitrogens with one attached hydrogen (secondary N) is 2. The quantitative estimate of drug-likeness (QED) is 0.608. The van der Waals surface area contributed by atoms with Gasteiger partial charge in [-0.25, -0.2) is 8.42 Å². The van der Waals surface area contributed by atoms with Gasteiger partial charge in [-0.05, 0) is 54.6 Å². The molecule has 0 atom stereocenters. The molecule has 2 amide bonds. The van der Waals surface area contributed by atoms with E-state index in [0.717, 1.165) is 5.69 Å². The number of benzene rings is 2. The number of hydrogen-bond donors (Lipinski definition) is 2. The van der Waals surface area contributed by atoms with Gasteiger partial charge >= 0.3 is 0 Å². The van der Waals surface area contributed by atoms with Crippen molar-refractivity contribution < 1.29 is 18.0 Å². The summed E-state index contributed by atoms with van der Waals surface area (Å²) >= 11 is 0. The molecule has 3 rings (SSSR count). The van der Waals surface area contributed by atoms with Crippen LogP contribution in [-0.4, -0.2) is 31.0 Å². The van der Waals surface area contributed by atoms with Crippen LogP contribution in [0.15, 0.2) is 77.8 Å². The molecule has 0 saturated heterocycles. The van der Waals surface area contributed by atoms with E-state index in [4.69, 9.17) is 0 Å². The topological polar surface area (TPSA) is 105 Å². The first-order valence-corrected chi connectivity index (χ1v) is 11.0. The molecule has 1 aromatic heterocycles. The highest BCUT2D eigenvalue weighted by Gasteiger charge is 2.13. The largest absolute Gasteiger partial charge is 0.346 e. The molecule has 0 radical (unpaired) electrons. The van der Waals surface area contributed by atoms with Crippen LogP contribution < -0.4 is 10.6 Å². The van der Waals surface area contributed by atoms with E-state index in [2.05, 4.69) is 15.6 Å². The van der Waals surface area contributed by atoms with Gasteiger partial charge in [-0.1, -0.05) is 19.1 Å². The first kappa shape index (κ1) is 21.2. The van der Waals surface area contributed by atoms with E-state index < -0.39 is 15.7 Å². The Morgan fingerprint density at radius 1 is 0.900 bits per heavy atom. The molecule has 154 valence electrons. The van der Waals surface area contributed by atoms with Gasteiger partial charge in [-0.2, -0.15) is 0 Å². The van der Waals surface area contributed by atoms with Crippen LogP contribution in [-0.2, 0) is 16.4 Å². The number of anilines is 1. The number of rotatable bonds is 7. The normalized spacial score (nSPS) is 11.0. The Morgan fingerprint density at radius 3 is 2.33 bits per heavy atom. The Labute approximate surface area is 175 Å². The Hall–Kier alpha value is -3.52. The van der Waals surface area contributed by atoms with Gasteiger partial charge in [0.1, 0.15) is 0 Å². The van der Waals surface area contributed by atoms with Crippen molar-refractivity contribution in [1.82, 2.24) is 10.3 Å². The zero-order valence-corrected chi connectivity index (χ0v) is 17.1. The van der Waals surface area contributed by atoms with Gasteiger partial charge in [0.25, 0.3) is 11.8 Å². The number of carbonyl (C=O) groups is 2. The molecule has 30 heavy (non-hydrogen) atoms. The molecule has 8 heteroatoms. The zero-order chi connectivity index (χ0) is 21.6. The van der Waals surface area contributed by atoms with E-state index in [1.54, 1.807) is 43.5 Å². The maximum Gasteiger partial charge on any atom is 0.255 e. The number of amides is 2. The second-order valence-electron chi connectivity index (χ2n) is 6.47. The highest BCUT2D eigenvalue weighted by atomic mass is 32.2. The van der Waals surface area contributed by atoms with Gasteiger partial charge in [0, 0.05) is 23.0 Å². The van der Waals surface area contributed by atoms with E-state index in [0.29, 0.717) is 23.4 Å². The molecule has 2 aromatic carbocycles. The first-order chi connectivity index (χ1) is 14.4. The molecule has 0 aliphatic rings. The van der Waals surface area contributed by atoms with Crippen molar-refractivity contribution in [3.8, 4) is 0 Å². The fraction of sp³-hybridized carbons (Fsp3) is 0.136. The monoisotopic (exact) mass is 423 g/mol. The standard InChI is InChI=1S/C22H21N3O4S/c1-2-30(28,29)20-11-9-16(10-12-20)22(27)25-18-8-5-6-17(14-18)21(26)24-15-19-7-3-4-13-23-19/h3-14H,2,15H2,1H3,(H,24,26)(H,25,27). The lowest BCUT2D eigenvalue weighted by atomic mass is 10.1. The predicted octanol–water partition coefficient (Wildman–Crippen LogP) is 3.06. The number of hydrogen-bond acceptors (Lipinski definition) is 5. The summed E-state index contributed by atoms with van der Waals surface area (Å²) in [6.07, 6.45) is 1.65. The molecule has 0 aliphatic carbocycles. The van der Waals surface area contributed by atoms with Crippen molar-refractivity contribution in [2.45, 2.75) is 18.4 Å². The van der Waals surface area contributed by atoms with Gasteiger partial charge in [0.05, 0.1) is 22.9 Å². The van der Waals surface area contributed by atoms with E-state index in [1.807, 2.05) is 12.1 Å². The second kappa shape index (κ2) is 9.32. The number of aromatic nitrogens is 1. The molecule has 3 aromatic rings. The zero-order valence-electron chi connectivity index (χ0n) is 16.3. The van der Waals surface area contributed by atoms with Gasteiger partial charge in [0.2, 0.25) is 0 Å². The fourth-order valence-electron chi connectivity index (χ4n) is 2.70. The third kappa shape index (κ3) is 5.30. The number of pyridine rings is 1. The van der Waals surface area contributed by atoms with Crippen molar-refractivity contribution in [3.63, 3.8) is 0 Å². The molecular formula is C22H21N3O4S. The van der Waals surface area contributed by atoms with Gasteiger partial charge in [-0.15, -0.1) is 0 Å². The molecule has 0 saturated carbocycles. The first-order valence-electron chi connectivity index (χ1n) is 9.31. The third-order valence-corrected chi connectivity index (χ3v) is 6.14. The van der Waals surface area contributed by atoms with Crippen LogP contribution >= 0.6 is 0 Å². The molecule has 7 nitrogen and oxygen atoms in total. The van der Waals surface area contributed by atoms with Crippen LogP contribution in [0.3, 0.4) is 0 Å². The Morgan fingerprint density at radius 2 is 1.67 bits per heavy atom. The third-order valence-electron chi connectivity index (χ3n) is 4.39. The smallest absolute Gasteiger partial charge is 0.255 e. The molecule has 0 aliphatic heterocycles. The summed E-state index contributed by atoms with van der Waals surface area (Å²) in [7, 11) is -3.32. The van der Waals surface area contributed by atoms with Crippen LogP contribution in [0.4, 0.5) is 5.69 Å². The Bertz CT molecular complexity index is 1140. The molecule has 0 unspecified atom stereocenters. The van der Waals surface area contributed by atoms with Crippen LogP contribution in [0.2, 0.25) is 0 Å². The SMILES string of the molecule is CCS(=O)(=O)c1ccc(C(=O)Nc2cccc(C(=O)NCc3ccccn3)c2)cc1. The summed E-state index contributed by atoms with van der Waals surface area (Å²) in [5.41, 5.74) is 1.91. The lowest BCUT2D eigenvalue weighted by molar-refractivity contribution is 0.0949. The summed E-state index contributed by atoms with van der Waals surface area (Å²) in [6.45, 7) is 1.86. The lowest BCUT2D eigenvalue weighted by Crippen LogP contribution is -2.23. The maximum absolute atomic E-state index is 12.5. The van der Waals surface area contributed by atoms with Crippen molar-refractivity contribution in [1.29, 1.82) is 0 Å². The summed E-state index contributed by atoms with van der Waals surface area (Å²) in [6, 6.07) is 17.8. The van der Waals surface area contributed by atoms with Crippen LogP contribution in [0.5, 0.6) is 0 Å². The van der Waals surface area contributed by atoms with E-state index in [1.165, 1.54) is 24.3 Å². The summed E-state index contributed by atoms with van der Waals surface area (Å²) < 4.78 is 23.8. The number of carbonyl (C=O) groups excluding carboxylic acids is 2. The summed E-state index contributed by atoms with van der Waals surface area (Å²) in [5, 5.41) is 5.50. The van der Waals surface area contributed by atoms with Gasteiger partial charge < -0.3 is 10.6 Å². The van der Waals surface area contributed by atoms with Crippen LogP contribution in [0.25, 0.3) is 0 Å². The minimum atomic E-state index is -3.32. The van der Waals surface area contributed by atoms with Crippen molar-refractivity contribution in [3.05, 3.63) is 89.7 Å². The van der Waals surface area contributed by atoms with Crippen LogP contribution in [0.1, 0.15) is 33.3 Å². The fourth-order valence-corrected chi connectivity index (χ4v) is 3.58. The Kier molecular flexibility index (Phi) is 6.58. The van der Waals surface area contributed by atoms with E-state index in [9.17, 15) is 18.0 Å². The molecule has 0 spiro atoms. The number of sulfone groups is 1. The average Bonchev–Trinajstić information content (AvgIpc) is 2.78. The minimum absolute atomic E-state index is 0.00622. The summed E-state index contributed by atoms with van der Waals surface area (Å²) in [5.74, 6) is -0.694. The van der Waals surface area contributed by atoms with Crippen LogP contribution in [0, 0.1) is 0 Å². The highest BCUT2D eigenvalue weighted by molar-refractivity contribution is 7.91. The summed E-state index contributed by atoms with van der Waals surface area (Å²) in [4.78, 5) is 29.2. The average molecular weight is 423 g/mol. The maximum atomic E-state index is 12.5. The van der Waals surface area contributed by atoms with E-state index >= 15 is 0 Å². The highest BCUT2D eigenvalue weighted by Crippen LogP contribution is 2.15. The molecule has 0 bridgehead atoms. The number of nitrogens with zero attached hydrogens (tertiary/aromatic N) is 1. The van der Waals surface area contributed by atoms with Gasteiger partial charge in [0.15, 0.2) is 9.84 Å². The van der Waals surface area contributed by atoms with Crippen molar-refractivity contribution in [2.75, 3.05) is 11.1 Å². The van der Waals surface area contributed by atoms with E-state index in [-0.39, 0.29) is 16.6 Å². The molecule has 1 heterocycles. The van der Waals surface area contributed by atoms with Crippen molar-refractivity contribution >= 4 is 27.3 Å². The molecular weight excluding hydrogens is 402 g/mol. The minimum Gasteiger partial charge on any atom is -0.346 e. The Balaban J connectivity index is 1.65. The molecule has 0 fully saturated rings. The lowest BCUT2D eigenvalue weighted by Gasteiger charge is -2.09. The predicted molar refractivity (Wildman–Crippen MR) is 114 cm³/mol. The van der Waals surface area contributed by atoms with Crippen molar-refractivity contribution in [2.24, 2.45) is 0 Å². The van der Waals surface area contributed by atoms with Gasteiger partial charge in [-0.3, -0.25) is 14.6 Å². The molecule has 2 N–H and O–H groups in total. The second-order valence-corrected chi connectivity index (χ2v) is 8.74.